The Kier molecular flexibility index (Phi) is 5.16. The number of halogens is 2. The summed E-state index contributed by atoms with van der Waals surface area (Å²) < 4.78 is 32.3. The predicted molar refractivity (Wildman–Crippen MR) is 92.0 cm³/mol. The van der Waals surface area contributed by atoms with Crippen LogP contribution in [0.1, 0.15) is 37.8 Å². The summed E-state index contributed by atoms with van der Waals surface area (Å²) in [4.78, 5) is 28.7. The lowest BCUT2D eigenvalue weighted by Crippen LogP contribution is -2.46. The van der Waals surface area contributed by atoms with Crippen molar-refractivity contribution in [1.29, 1.82) is 0 Å². The zero-order chi connectivity index (χ0) is 18.9. The predicted octanol–water partition coefficient (Wildman–Crippen LogP) is 2.86. The van der Waals surface area contributed by atoms with Gasteiger partial charge in [0.2, 0.25) is 11.8 Å². The summed E-state index contributed by atoms with van der Waals surface area (Å²) in [5, 5.41) is 0. The number of carbonyl (C=O) groups excluding carboxylic acids is 2. The Labute approximate surface area is 151 Å². The molecule has 7 heteroatoms. The van der Waals surface area contributed by atoms with E-state index in [9.17, 15) is 18.4 Å². The largest absolute Gasteiger partial charge is 0.496 e. The smallest absolute Gasteiger partial charge is 0.251 e. The minimum absolute atomic E-state index is 0.0291. The number of para-hydroxylation sites is 1. The minimum Gasteiger partial charge on any atom is -0.496 e. The summed E-state index contributed by atoms with van der Waals surface area (Å²) in [5.74, 6) is -2.98. The average molecular weight is 366 g/mol. The van der Waals surface area contributed by atoms with Crippen molar-refractivity contribution in [2.24, 2.45) is 5.92 Å². The lowest BCUT2D eigenvalue weighted by atomic mass is 9.90. The highest BCUT2D eigenvalue weighted by atomic mass is 19.3. The van der Waals surface area contributed by atoms with Gasteiger partial charge < -0.3 is 14.5 Å². The Hall–Kier alpha value is -2.18. The molecule has 0 unspecified atom stereocenters. The van der Waals surface area contributed by atoms with Crippen molar-refractivity contribution < 1.29 is 23.1 Å². The quantitative estimate of drug-likeness (QED) is 0.823. The maximum Gasteiger partial charge on any atom is 0.251 e. The molecule has 0 aliphatic carbocycles. The third-order valence-electron chi connectivity index (χ3n) is 5.35. The number of nitrogens with zero attached hydrogens (tertiary/aromatic N) is 2. The molecule has 2 atom stereocenters. The molecule has 0 N–H and O–H groups in total. The number of hydrogen-bond donors (Lipinski definition) is 0. The molecule has 0 saturated carbocycles. The maximum absolute atomic E-state index is 13.4. The Morgan fingerprint density at radius 2 is 1.92 bits per heavy atom. The van der Waals surface area contributed by atoms with Crippen molar-refractivity contribution >= 4 is 11.8 Å². The van der Waals surface area contributed by atoms with Gasteiger partial charge in [0, 0.05) is 44.5 Å². The highest BCUT2D eigenvalue weighted by molar-refractivity contribution is 5.90. The molecule has 0 aromatic heterocycles. The first-order valence-electron chi connectivity index (χ1n) is 8.97. The van der Waals surface area contributed by atoms with Crippen LogP contribution in [0.2, 0.25) is 0 Å². The summed E-state index contributed by atoms with van der Waals surface area (Å²) in [6.07, 6.45) is -0.547. The molecule has 5 nitrogen and oxygen atoms in total. The van der Waals surface area contributed by atoms with Gasteiger partial charge in [0.25, 0.3) is 5.92 Å². The van der Waals surface area contributed by atoms with Crippen LogP contribution < -0.4 is 4.74 Å². The first kappa shape index (κ1) is 18.6. The van der Waals surface area contributed by atoms with Crippen molar-refractivity contribution in [1.82, 2.24) is 9.80 Å². The van der Waals surface area contributed by atoms with Crippen molar-refractivity contribution in [3.05, 3.63) is 29.8 Å². The van der Waals surface area contributed by atoms with Crippen molar-refractivity contribution in [3.8, 4) is 5.75 Å². The summed E-state index contributed by atoms with van der Waals surface area (Å²) in [5.41, 5.74) is 0.781. The SMILES string of the molecule is CCN1C(=O)C[C@@H](C(=O)N2CCC(F)(F)CC2)[C@@H]1c1ccccc1OC. The number of methoxy groups -OCH3 is 1. The van der Waals surface area contributed by atoms with Gasteiger partial charge in [-0.3, -0.25) is 9.59 Å². The number of amides is 2. The monoisotopic (exact) mass is 366 g/mol. The van der Waals surface area contributed by atoms with Gasteiger partial charge in [-0.1, -0.05) is 18.2 Å². The summed E-state index contributed by atoms with van der Waals surface area (Å²) >= 11 is 0. The van der Waals surface area contributed by atoms with E-state index in [1.807, 2.05) is 25.1 Å². The summed E-state index contributed by atoms with van der Waals surface area (Å²) in [6, 6.07) is 6.90. The van der Waals surface area contributed by atoms with Gasteiger partial charge in [-0.25, -0.2) is 8.78 Å². The Bertz CT molecular complexity index is 685. The lowest BCUT2D eigenvalue weighted by Gasteiger charge is -2.35. The molecule has 0 radical (unpaired) electrons. The third kappa shape index (κ3) is 3.39. The van der Waals surface area contributed by atoms with Crippen LogP contribution in [0, 0.1) is 5.92 Å². The van der Waals surface area contributed by atoms with E-state index >= 15 is 0 Å². The van der Waals surface area contributed by atoms with Crippen LogP contribution >= 0.6 is 0 Å². The number of ether oxygens (including phenoxy) is 1. The van der Waals surface area contributed by atoms with Crippen molar-refractivity contribution in [2.75, 3.05) is 26.7 Å². The number of alkyl halides is 2. The topological polar surface area (TPSA) is 49.9 Å². The molecule has 1 aromatic rings. The zero-order valence-electron chi connectivity index (χ0n) is 15.1. The molecule has 26 heavy (non-hydrogen) atoms. The Morgan fingerprint density at radius 1 is 1.27 bits per heavy atom. The van der Waals surface area contributed by atoms with Gasteiger partial charge in [0.05, 0.1) is 19.1 Å². The van der Waals surface area contributed by atoms with Crippen molar-refractivity contribution in [2.45, 2.75) is 38.2 Å². The fourth-order valence-corrected chi connectivity index (χ4v) is 3.97. The van der Waals surface area contributed by atoms with E-state index in [4.69, 9.17) is 4.74 Å². The number of likely N-dealkylation sites (tertiary alicyclic amines) is 2. The first-order chi connectivity index (χ1) is 12.4. The molecular weight excluding hydrogens is 342 g/mol. The van der Waals surface area contributed by atoms with Gasteiger partial charge in [0.1, 0.15) is 5.75 Å². The molecule has 2 fully saturated rings. The van der Waals surface area contributed by atoms with E-state index in [0.29, 0.717) is 12.3 Å². The van der Waals surface area contributed by atoms with Crippen LogP contribution in [-0.4, -0.2) is 54.3 Å². The van der Waals surface area contributed by atoms with E-state index < -0.39 is 17.9 Å². The van der Waals surface area contributed by atoms with E-state index in [-0.39, 0.29) is 44.2 Å². The number of rotatable bonds is 4. The van der Waals surface area contributed by atoms with E-state index in [1.165, 1.54) is 4.90 Å². The molecular formula is C19H24F2N2O3. The molecule has 0 spiro atoms. The molecule has 2 heterocycles. The Balaban J connectivity index is 1.89. The fourth-order valence-electron chi connectivity index (χ4n) is 3.97. The normalized spacial score (nSPS) is 25.5. The fraction of sp³-hybridized carbons (Fsp3) is 0.579. The zero-order valence-corrected chi connectivity index (χ0v) is 15.1. The number of benzene rings is 1. The van der Waals surface area contributed by atoms with Crippen LogP contribution in [0.3, 0.4) is 0 Å². The van der Waals surface area contributed by atoms with E-state index in [2.05, 4.69) is 0 Å². The van der Waals surface area contributed by atoms with Crippen LogP contribution in [0.4, 0.5) is 8.78 Å². The number of hydrogen-bond acceptors (Lipinski definition) is 3. The molecule has 1 aromatic carbocycles. The standard InChI is InChI=1S/C19H24F2N2O3/c1-3-23-16(24)12-14(17(23)13-6-4-5-7-15(13)26-2)18(25)22-10-8-19(20,21)9-11-22/h4-7,14,17H,3,8-12H2,1-2H3/t14-,17+/m1/s1. The minimum atomic E-state index is -2.71. The second-order valence-corrected chi connectivity index (χ2v) is 6.86. The molecule has 142 valence electrons. The highest BCUT2D eigenvalue weighted by Crippen LogP contribution is 2.43. The Morgan fingerprint density at radius 3 is 2.54 bits per heavy atom. The lowest BCUT2D eigenvalue weighted by molar-refractivity contribution is -0.142. The number of piperidine rings is 1. The molecule has 0 bridgehead atoms. The first-order valence-corrected chi connectivity index (χ1v) is 8.97. The highest BCUT2D eigenvalue weighted by Gasteiger charge is 2.47. The van der Waals surface area contributed by atoms with Gasteiger partial charge in [0.15, 0.2) is 0 Å². The van der Waals surface area contributed by atoms with Crippen LogP contribution in [-0.2, 0) is 9.59 Å². The van der Waals surface area contributed by atoms with Gasteiger partial charge in [-0.15, -0.1) is 0 Å². The molecule has 2 aliphatic rings. The van der Waals surface area contributed by atoms with Crippen molar-refractivity contribution in [3.63, 3.8) is 0 Å². The average Bonchev–Trinajstić information content (AvgIpc) is 2.97. The van der Waals surface area contributed by atoms with Crippen LogP contribution in [0.15, 0.2) is 24.3 Å². The second kappa shape index (κ2) is 7.21. The van der Waals surface area contributed by atoms with E-state index in [0.717, 1.165) is 5.56 Å². The summed E-state index contributed by atoms with van der Waals surface area (Å²) in [6.45, 7) is 2.40. The van der Waals surface area contributed by atoms with Gasteiger partial charge in [-0.05, 0) is 13.0 Å². The number of carbonyl (C=O) groups is 2. The maximum atomic E-state index is 13.4. The molecule has 2 amide bonds. The van der Waals surface area contributed by atoms with E-state index in [1.54, 1.807) is 18.1 Å². The molecule has 3 rings (SSSR count). The molecule has 2 saturated heterocycles. The van der Waals surface area contributed by atoms with Crippen LogP contribution in [0.25, 0.3) is 0 Å². The van der Waals surface area contributed by atoms with Gasteiger partial charge in [-0.2, -0.15) is 0 Å². The third-order valence-corrected chi connectivity index (χ3v) is 5.35. The van der Waals surface area contributed by atoms with Gasteiger partial charge >= 0.3 is 0 Å². The second-order valence-electron chi connectivity index (χ2n) is 6.86. The summed E-state index contributed by atoms with van der Waals surface area (Å²) in [7, 11) is 1.55. The molecule has 2 aliphatic heterocycles. The van der Waals surface area contributed by atoms with Crippen LogP contribution in [0.5, 0.6) is 5.75 Å².